The van der Waals surface area contributed by atoms with E-state index in [0.29, 0.717) is 12.1 Å². The number of aromatic amines is 1. The molecule has 7 N–H and O–H groups in total. The summed E-state index contributed by atoms with van der Waals surface area (Å²) < 4.78 is 0. The summed E-state index contributed by atoms with van der Waals surface area (Å²) in [5, 5.41) is 6.08. The van der Waals surface area contributed by atoms with Crippen molar-refractivity contribution in [2.24, 2.45) is 28.4 Å². The first-order valence-corrected chi connectivity index (χ1v) is 18.2. The fourth-order valence-electron chi connectivity index (χ4n) is 10.9. The van der Waals surface area contributed by atoms with Crippen molar-refractivity contribution < 1.29 is 14.4 Å². The third-order valence-electron chi connectivity index (χ3n) is 13.6. The largest absolute Gasteiger partial charge is 0.399 e. The SMILES string of the molecule is C[C@]1(C(=O)NC(=O)[C@@]2(C)CCC[C@]3(C)c4cc(NC(=O)[C@@H](N)Cc5cnc[nH]5)ccc4CC[C@@H]23)CCC[C@]2(C)c3cc(N)ccc3CCC12. The second kappa shape index (κ2) is 12.1. The molecule has 3 aromatic rings. The van der Waals surface area contributed by atoms with Crippen molar-refractivity contribution in [1.82, 2.24) is 15.3 Å². The van der Waals surface area contributed by atoms with E-state index in [1.807, 2.05) is 12.1 Å². The average molecular weight is 665 g/mol. The van der Waals surface area contributed by atoms with Gasteiger partial charge >= 0.3 is 0 Å². The molecule has 0 saturated heterocycles. The van der Waals surface area contributed by atoms with Crippen LogP contribution in [-0.2, 0) is 44.5 Å². The maximum Gasteiger partial charge on any atom is 0.241 e. The minimum atomic E-state index is -0.718. The Kier molecular flexibility index (Phi) is 8.28. The van der Waals surface area contributed by atoms with E-state index < -0.39 is 16.9 Å². The van der Waals surface area contributed by atoms with E-state index in [4.69, 9.17) is 11.5 Å². The summed E-state index contributed by atoms with van der Waals surface area (Å²) >= 11 is 0. The number of nitrogens with one attached hydrogen (secondary N) is 3. The topological polar surface area (TPSA) is 156 Å². The van der Waals surface area contributed by atoms with E-state index in [2.05, 4.69) is 72.6 Å². The summed E-state index contributed by atoms with van der Waals surface area (Å²) in [6.45, 7) is 8.75. The number of H-pyrrole nitrogens is 1. The number of hydrogen-bond donors (Lipinski definition) is 5. The summed E-state index contributed by atoms with van der Waals surface area (Å²) in [4.78, 5) is 49.0. The number of nitrogen functional groups attached to an aromatic ring is 1. The first kappa shape index (κ1) is 33.5. The fraction of sp³-hybridized carbons (Fsp3) is 0.550. The van der Waals surface area contributed by atoms with Gasteiger partial charge in [-0.3, -0.25) is 19.7 Å². The van der Waals surface area contributed by atoms with Gasteiger partial charge in [0.05, 0.1) is 23.2 Å². The van der Waals surface area contributed by atoms with Crippen LogP contribution in [0.3, 0.4) is 0 Å². The molecule has 2 saturated carbocycles. The summed E-state index contributed by atoms with van der Waals surface area (Å²) in [6.07, 6.45) is 12.5. The Bertz CT molecular complexity index is 1790. The lowest BCUT2D eigenvalue weighted by Crippen LogP contribution is -2.60. The molecule has 260 valence electrons. The van der Waals surface area contributed by atoms with Crippen molar-refractivity contribution in [1.29, 1.82) is 0 Å². The van der Waals surface area contributed by atoms with Gasteiger partial charge in [0.15, 0.2) is 0 Å². The lowest BCUT2D eigenvalue weighted by Gasteiger charge is -2.56. The molecule has 4 aliphatic rings. The zero-order valence-corrected chi connectivity index (χ0v) is 29.5. The number of nitrogens with zero attached hydrogens (tertiary/aromatic N) is 1. The van der Waals surface area contributed by atoms with Crippen molar-refractivity contribution in [3.05, 3.63) is 76.9 Å². The standard InChI is InChI=1S/C40H52N6O3/c1-37-15-5-17-39(3,32(37)13-9-24-7-11-26(41)19-29(24)37)35(48)46-36(49)40(4)18-6-16-38(2)30-20-27(12-8-25(30)10-14-33(38)40)45-34(47)31(42)21-28-22-43-23-44-28/h7-8,11-12,19-20,22-23,31-33H,5-6,9-10,13-18,21,41-42H2,1-4H3,(H,43,44)(H,45,47)(H,46,48,49)/t31-,32?,33+,37+,38+,39-,40-/m0/s1. The van der Waals surface area contributed by atoms with Crippen molar-refractivity contribution in [3.63, 3.8) is 0 Å². The second-order valence-electron chi connectivity index (χ2n) is 16.5. The van der Waals surface area contributed by atoms with E-state index >= 15 is 0 Å². The van der Waals surface area contributed by atoms with Crippen molar-refractivity contribution in [2.45, 2.75) is 115 Å². The maximum absolute atomic E-state index is 14.5. The number of nitrogens with two attached hydrogens (primary N) is 2. The number of anilines is 2. The van der Waals surface area contributed by atoms with Crippen LogP contribution in [0.25, 0.3) is 0 Å². The molecule has 9 nitrogen and oxygen atoms in total. The van der Waals surface area contributed by atoms with Crippen LogP contribution in [0, 0.1) is 22.7 Å². The number of aromatic nitrogens is 2. The number of benzene rings is 2. The number of aryl methyl sites for hydroxylation is 2. The summed E-state index contributed by atoms with van der Waals surface area (Å²) in [7, 11) is 0. The van der Waals surface area contributed by atoms with Gasteiger partial charge in [0.1, 0.15) is 0 Å². The Morgan fingerprint density at radius 1 is 0.857 bits per heavy atom. The Labute approximate surface area is 289 Å². The molecule has 7 atom stereocenters. The number of carbonyl (C=O) groups is 3. The van der Waals surface area contributed by atoms with Crippen LogP contribution in [0.4, 0.5) is 11.4 Å². The maximum atomic E-state index is 14.5. The Morgan fingerprint density at radius 2 is 1.43 bits per heavy atom. The van der Waals surface area contributed by atoms with Gasteiger partial charge in [-0.15, -0.1) is 0 Å². The molecular weight excluding hydrogens is 612 g/mol. The van der Waals surface area contributed by atoms with Gasteiger partial charge in [0.2, 0.25) is 17.7 Å². The summed E-state index contributed by atoms with van der Waals surface area (Å²) in [5.41, 5.74) is 18.0. The number of fused-ring (bicyclic) bond motifs is 6. The molecule has 3 amide bonds. The Hall–Kier alpha value is -3.98. The molecule has 4 aliphatic carbocycles. The first-order valence-electron chi connectivity index (χ1n) is 18.2. The summed E-state index contributed by atoms with van der Waals surface area (Å²) in [5.74, 6) is -0.336. The van der Waals surface area contributed by atoms with Crippen molar-refractivity contribution in [3.8, 4) is 0 Å². The van der Waals surface area contributed by atoms with E-state index in [1.165, 1.54) is 22.3 Å². The van der Waals surface area contributed by atoms with E-state index in [-0.39, 0.29) is 40.4 Å². The monoisotopic (exact) mass is 664 g/mol. The quantitative estimate of drug-likeness (QED) is 0.164. The van der Waals surface area contributed by atoms with E-state index in [9.17, 15) is 14.4 Å². The predicted molar refractivity (Wildman–Crippen MR) is 192 cm³/mol. The minimum Gasteiger partial charge on any atom is -0.399 e. The normalized spacial score (nSPS) is 32.4. The van der Waals surface area contributed by atoms with Gasteiger partial charge in [-0.25, -0.2) is 4.98 Å². The fourth-order valence-corrected chi connectivity index (χ4v) is 10.9. The van der Waals surface area contributed by atoms with Crippen LogP contribution in [0.2, 0.25) is 0 Å². The van der Waals surface area contributed by atoms with Crippen LogP contribution in [0.5, 0.6) is 0 Å². The molecular formula is C40H52N6O3. The highest BCUT2D eigenvalue weighted by Crippen LogP contribution is 2.59. The first-order chi connectivity index (χ1) is 23.3. The number of hydrogen-bond acceptors (Lipinski definition) is 6. The Morgan fingerprint density at radius 3 is 2.00 bits per heavy atom. The van der Waals surface area contributed by atoms with Crippen LogP contribution in [0.1, 0.15) is 107 Å². The average Bonchev–Trinajstić information content (AvgIpc) is 3.58. The molecule has 0 bridgehead atoms. The Balaban J connectivity index is 1.10. The smallest absolute Gasteiger partial charge is 0.241 e. The molecule has 0 spiro atoms. The zero-order chi connectivity index (χ0) is 34.8. The predicted octanol–water partition coefficient (Wildman–Crippen LogP) is 5.86. The molecule has 1 unspecified atom stereocenters. The van der Waals surface area contributed by atoms with Crippen LogP contribution >= 0.6 is 0 Å². The summed E-state index contributed by atoms with van der Waals surface area (Å²) in [6, 6.07) is 11.7. The van der Waals surface area contributed by atoms with Crippen LogP contribution in [-0.4, -0.2) is 33.7 Å². The van der Waals surface area contributed by atoms with Gasteiger partial charge in [-0.2, -0.15) is 0 Å². The van der Waals surface area contributed by atoms with E-state index in [1.54, 1.807) is 12.5 Å². The lowest BCUT2D eigenvalue weighted by atomic mass is 9.49. The van der Waals surface area contributed by atoms with Crippen LogP contribution < -0.4 is 22.1 Å². The van der Waals surface area contributed by atoms with Gasteiger partial charge in [-0.05, 0) is 121 Å². The third kappa shape index (κ3) is 5.49. The number of rotatable bonds is 6. The van der Waals surface area contributed by atoms with Gasteiger partial charge in [0.25, 0.3) is 0 Å². The molecule has 9 heteroatoms. The molecule has 1 heterocycles. The number of imide groups is 1. The molecule has 1 aromatic heterocycles. The molecule has 0 aliphatic heterocycles. The number of carbonyl (C=O) groups excluding carboxylic acids is 3. The zero-order valence-electron chi connectivity index (χ0n) is 29.5. The van der Waals surface area contributed by atoms with Gasteiger partial charge < -0.3 is 21.8 Å². The number of amides is 3. The second-order valence-corrected chi connectivity index (χ2v) is 16.5. The van der Waals surface area contributed by atoms with Crippen LogP contribution in [0.15, 0.2) is 48.9 Å². The highest BCUT2D eigenvalue weighted by Gasteiger charge is 2.58. The minimum absolute atomic E-state index is 0.0524. The molecule has 2 fully saturated rings. The third-order valence-corrected chi connectivity index (χ3v) is 13.6. The van der Waals surface area contributed by atoms with Gasteiger partial charge in [-0.1, -0.05) is 52.7 Å². The molecule has 0 radical (unpaired) electrons. The lowest BCUT2D eigenvalue weighted by molar-refractivity contribution is -0.150. The highest BCUT2D eigenvalue weighted by molar-refractivity contribution is 6.01. The van der Waals surface area contributed by atoms with Crippen molar-refractivity contribution >= 4 is 29.1 Å². The number of imidazole rings is 1. The molecule has 7 rings (SSSR count). The van der Waals surface area contributed by atoms with Crippen molar-refractivity contribution in [2.75, 3.05) is 11.1 Å². The molecule has 2 aromatic carbocycles. The highest BCUT2D eigenvalue weighted by atomic mass is 16.2. The molecule has 49 heavy (non-hydrogen) atoms. The van der Waals surface area contributed by atoms with E-state index in [0.717, 1.165) is 75.6 Å². The van der Waals surface area contributed by atoms with Gasteiger partial charge in [0, 0.05) is 29.7 Å².